The highest BCUT2D eigenvalue weighted by molar-refractivity contribution is 8.00. The molecule has 0 radical (unpaired) electrons. The second-order valence-corrected chi connectivity index (χ2v) is 3.65. The number of thioether (sulfide) groups is 1. The average Bonchev–Trinajstić information content (AvgIpc) is 2.49. The fourth-order valence-electron chi connectivity index (χ4n) is 0.970. The van der Waals surface area contributed by atoms with Crippen LogP contribution >= 0.6 is 11.8 Å². The Morgan fingerprint density at radius 1 is 1.50 bits per heavy atom. The van der Waals surface area contributed by atoms with Gasteiger partial charge in [0.2, 0.25) is 0 Å². The first kappa shape index (κ1) is 11.0. The van der Waals surface area contributed by atoms with Crippen LogP contribution in [0.1, 0.15) is 5.69 Å². The third kappa shape index (κ3) is 3.34. The van der Waals surface area contributed by atoms with Gasteiger partial charge >= 0.3 is 5.51 Å². The van der Waals surface area contributed by atoms with Crippen LogP contribution in [0.25, 0.3) is 0 Å². The molecule has 0 fully saturated rings. The Labute approximate surface area is 83.3 Å². The summed E-state index contributed by atoms with van der Waals surface area (Å²) in [6, 6.07) is 5.10. The van der Waals surface area contributed by atoms with Crippen molar-refractivity contribution in [2.45, 2.75) is 12.1 Å². The number of nitrogens with zero attached hydrogens (tertiary/aromatic N) is 2. The minimum absolute atomic E-state index is 0.0765. The van der Waals surface area contributed by atoms with E-state index in [1.165, 1.54) is 4.57 Å². The molecule has 0 spiro atoms. The Bertz CT molecular complexity index is 337. The summed E-state index contributed by atoms with van der Waals surface area (Å²) in [6.45, 7) is 0.195. The molecular formula is C8H7F3N2S. The normalized spacial score (nSPS) is 11.3. The summed E-state index contributed by atoms with van der Waals surface area (Å²) in [5, 5.41) is 8.57. The van der Waals surface area contributed by atoms with Gasteiger partial charge in [0.05, 0.1) is 0 Å². The van der Waals surface area contributed by atoms with Crippen molar-refractivity contribution in [3.8, 4) is 6.07 Å². The number of aromatic nitrogens is 1. The van der Waals surface area contributed by atoms with Crippen LogP contribution in [0.2, 0.25) is 0 Å². The molecule has 1 aromatic rings. The number of nitriles is 1. The third-order valence-electron chi connectivity index (χ3n) is 1.54. The first-order valence-electron chi connectivity index (χ1n) is 3.79. The van der Waals surface area contributed by atoms with E-state index in [0.717, 1.165) is 0 Å². The molecule has 0 aliphatic carbocycles. The van der Waals surface area contributed by atoms with E-state index in [-0.39, 0.29) is 24.1 Å². The van der Waals surface area contributed by atoms with E-state index in [1.807, 2.05) is 6.07 Å². The maximum absolute atomic E-state index is 11.8. The highest BCUT2D eigenvalue weighted by atomic mass is 32.2. The van der Waals surface area contributed by atoms with Crippen molar-refractivity contribution in [1.82, 2.24) is 4.57 Å². The Kier molecular flexibility index (Phi) is 3.47. The predicted octanol–water partition coefficient (Wildman–Crippen LogP) is 2.61. The van der Waals surface area contributed by atoms with Crippen molar-refractivity contribution in [3.05, 3.63) is 24.0 Å². The molecule has 0 amide bonds. The molecule has 0 aliphatic heterocycles. The maximum atomic E-state index is 11.8. The molecule has 0 aromatic carbocycles. The zero-order chi connectivity index (χ0) is 10.6. The summed E-state index contributed by atoms with van der Waals surface area (Å²) in [6.07, 6.45) is 1.59. The largest absolute Gasteiger partial charge is 0.441 e. The summed E-state index contributed by atoms with van der Waals surface area (Å²) < 4.78 is 36.8. The lowest BCUT2D eigenvalue weighted by Crippen LogP contribution is -2.07. The van der Waals surface area contributed by atoms with Gasteiger partial charge in [-0.05, 0) is 23.9 Å². The molecule has 0 atom stereocenters. The smallest absolute Gasteiger partial charge is 0.339 e. The quantitative estimate of drug-likeness (QED) is 0.783. The van der Waals surface area contributed by atoms with E-state index in [9.17, 15) is 13.2 Å². The van der Waals surface area contributed by atoms with Crippen LogP contribution in [0.5, 0.6) is 0 Å². The lowest BCUT2D eigenvalue weighted by Gasteiger charge is -2.06. The van der Waals surface area contributed by atoms with Crippen molar-refractivity contribution in [3.63, 3.8) is 0 Å². The average molecular weight is 220 g/mol. The van der Waals surface area contributed by atoms with Gasteiger partial charge in [-0.25, -0.2) is 0 Å². The predicted molar refractivity (Wildman–Crippen MR) is 47.7 cm³/mol. The molecule has 0 unspecified atom stereocenters. The number of alkyl halides is 3. The zero-order valence-corrected chi connectivity index (χ0v) is 7.90. The van der Waals surface area contributed by atoms with Gasteiger partial charge in [0.15, 0.2) is 0 Å². The second-order valence-electron chi connectivity index (χ2n) is 2.49. The van der Waals surface area contributed by atoms with E-state index in [1.54, 1.807) is 18.3 Å². The van der Waals surface area contributed by atoms with Crippen molar-refractivity contribution < 1.29 is 13.2 Å². The van der Waals surface area contributed by atoms with Crippen LogP contribution in [0.15, 0.2) is 18.3 Å². The fourth-order valence-corrected chi connectivity index (χ4v) is 1.49. The standard InChI is InChI=1S/C8H7F3N2S/c9-8(10,11)14-5-4-13-3-1-2-7(13)6-12/h1-3H,4-5H2. The molecule has 0 saturated carbocycles. The fraction of sp³-hybridized carbons (Fsp3) is 0.375. The van der Waals surface area contributed by atoms with E-state index in [2.05, 4.69) is 0 Å². The van der Waals surface area contributed by atoms with E-state index < -0.39 is 5.51 Å². The minimum atomic E-state index is -4.19. The minimum Gasteiger partial charge on any atom is -0.339 e. The summed E-state index contributed by atoms with van der Waals surface area (Å²) >= 11 is -0.0792. The number of hydrogen-bond donors (Lipinski definition) is 0. The Morgan fingerprint density at radius 2 is 2.21 bits per heavy atom. The van der Waals surface area contributed by atoms with Gasteiger partial charge in [0.1, 0.15) is 11.8 Å². The van der Waals surface area contributed by atoms with Gasteiger partial charge in [-0.15, -0.1) is 0 Å². The molecule has 1 rings (SSSR count). The SMILES string of the molecule is N#Cc1cccn1CCSC(F)(F)F. The molecule has 76 valence electrons. The van der Waals surface area contributed by atoms with Crippen LogP contribution < -0.4 is 0 Å². The third-order valence-corrected chi connectivity index (χ3v) is 2.26. The van der Waals surface area contributed by atoms with Crippen molar-refractivity contribution >= 4 is 11.8 Å². The van der Waals surface area contributed by atoms with Gasteiger partial charge in [0.25, 0.3) is 0 Å². The summed E-state index contributed by atoms with van der Waals surface area (Å²) in [5.74, 6) is -0.0765. The summed E-state index contributed by atoms with van der Waals surface area (Å²) in [5.41, 5.74) is -3.81. The number of aryl methyl sites for hydroxylation is 1. The van der Waals surface area contributed by atoms with Crippen LogP contribution in [0, 0.1) is 11.3 Å². The Morgan fingerprint density at radius 3 is 2.79 bits per heavy atom. The first-order valence-corrected chi connectivity index (χ1v) is 4.77. The topological polar surface area (TPSA) is 28.7 Å². The van der Waals surface area contributed by atoms with Crippen molar-refractivity contribution in [2.24, 2.45) is 0 Å². The number of halogens is 3. The highest BCUT2D eigenvalue weighted by Gasteiger charge is 2.27. The maximum Gasteiger partial charge on any atom is 0.441 e. The van der Waals surface area contributed by atoms with Crippen LogP contribution in [-0.2, 0) is 6.54 Å². The van der Waals surface area contributed by atoms with Gasteiger partial charge in [-0.2, -0.15) is 18.4 Å². The second kappa shape index (κ2) is 4.42. The molecule has 14 heavy (non-hydrogen) atoms. The summed E-state index contributed by atoms with van der Waals surface area (Å²) in [7, 11) is 0. The van der Waals surface area contributed by atoms with E-state index in [0.29, 0.717) is 5.69 Å². The van der Waals surface area contributed by atoms with Crippen molar-refractivity contribution in [1.29, 1.82) is 5.26 Å². The number of rotatable bonds is 3. The van der Waals surface area contributed by atoms with Crippen LogP contribution in [-0.4, -0.2) is 15.8 Å². The van der Waals surface area contributed by atoms with Gasteiger partial charge in [-0.1, -0.05) is 0 Å². The molecule has 0 bridgehead atoms. The van der Waals surface area contributed by atoms with Crippen LogP contribution in [0.3, 0.4) is 0 Å². The Hall–Kier alpha value is -1.09. The monoisotopic (exact) mass is 220 g/mol. The van der Waals surface area contributed by atoms with E-state index >= 15 is 0 Å². The van der Waals surface area contributed by atoms with Crippen LogP contribution in [0.4, 0.5) is 13.2 Å². The molecule has 0 N–H and O–H groups in total. The highest BCUT2D eigenvalue weighted by Crippen LogP contribution is 2.30. The van der Waals surface area contributed by atoms with Gasteiger partial charge in [0, 0.05) is 18.5 Å². The van der Waals surface area contributed by atoms with Gasteiger partial charge in [-0.3, -0.25) is 0 Å². The molecular weight excluding hydrogens is 213 g/mol. The molecule has 1 aromatic heterocycles. The molecule has 0 saturated heterocycles. The lowest BCUT2D eigenvalue weighted by molar-refractivity contribution is -0.0328. The molecule has 0 aliphatic rings. The number of hydrogen-bond acceptors (Lipinski definition) is 2. The van der Waals surface area contributed by atoms with Crippen molar-refractivity contribution in [2.75, 3.05) is 5.75 Å². The molecule has 6 heteroatoms. The molecule has 2 nitrogen and oxygen atoms in total. The van der Waals surface area contributed by atoms with Gasteiger partial charge < -0.3 is 4.57 Å². The first-order chi connectivity index (χ1) is 6.53. The Balaban J connectivity index is 2.43. The summed E-state index contributed by atoms with van der Waals surface area (Å²) in [4.78, 5) is 0. The molecule has 1 heterocycles. The zero-order valence-electron chi connectivity index (χ0n) is 7.08. The van der Waals surface area contributed by atoms with E-state index in [4.69, 9.17) is 5.26 Å². The lowest BCUT2D eigenvalue weighted by atomic mass is 10.5.